The van der Waals surface area contributed by atoms with E-state index in [1.54, 1.807) is 18.3 Å². The lowest BCUT2D eigenvalue weighted by molar-refractivity contribution is -0.146. The number of fused-ring (bicyclic) bond motifs is 1. The Labute approximate surface area is 161 Å². The zero-order chi connectivity index (χ0) is 19.7. The zero-order valence-corrected chi connectivity index (χ0v) is 15.6. The molecule has 0 atom stereocenters. The summed E-state index contributed by atoms with van der Waals surface area (Å²) in [7, 11) is 0. The number of hydrogen-bond acceptors (Lipinski definition) is 3. The van der Waals surface area contributed by atoms with Gasteiger partial charge in [0.05, 0.1) is 0 Å². The number of aryl methyl sites for hydroxylation is 2. The van der Waals surface area contributed by atoms with Crippen molar-refractivity contribution in [3.63, 3.8) is 0 Å². The highest BCUT2D eigenvalue weighted by Crippen LogP contribution is 2.29. The first-order valence-corrected chi connectivity index (χ1v) is 8.66. The van der Waals surface area contributed by atoms with Crippen molar-refractivity contribution < 1.29 is 19.8 Å². The third-order valence-corrected chi connectivity index (χ3v) is 4.47. The number of halogens is 1. The number of benzene rings is 2. The predicted octanol–water partition coefficient (Wildman–Crippen LogP) is 4.51. The number of carboxylic acids is 1. The predicted molar refractivity (Wildman–Crippen MR) is 105 cm³/mol. The molecule has 5 nitrogen and oxygen atoms in total. The summed E-state index contributed by atoms with van der Waals surface area (Å²) in [5.41, 5.74) is 4.57. The average molecular weight is 384 g/mol. The topological polar surface area (TPSA) is 79.5 Å². The lowest BCUT2D eigenvalue weighted by atomic mass is 10.1. The van der Waals surface area contributed by atoms with E-state index >= 15 is 0 Å². The summed E-state index contributed by atoms with van der Waals surface area (Å²) in [6, 6.07) is 11.5. The van der Waals surface area contributed by atoms with Crippen molar-refractivity contribution in [1.82, 2.24) is 4.57 Å². The Hall–Kier alpha value is -3.05. The number of carbonyl (C=O) groups excluding carboxylic acids is 1. The van der Waals surface area contributed by atoms with Crippen LogP contribution < -0.4 is 0 Å². The fourth-order valence-electron chi connectivity index (χ4n) is 3.22. The molecule has 0 saturated heterocycles. The van der Waals surface area contributed by atoms with E-state index in [-0.39, 0.29) is 0 Å². The lowest BCUT2D eigenvalue weighted by Gasteiger charge is -2.08. The number of carbonyl (C=O) groups is 2. The smallest absolute Gasteiger partial charge is 0.376 e. The van der Waals surface area contributed by atoms with Crippen LogP contribution >= 0.6 is 11.6 Å². The number of aliphatic hydroxyl groups excluding tert-OH is 1. The minimum atomic E-state index is -1.63. The van der Waals surface area contributed by atoms with E-state index in [9.17, 15) is 14.7 Å². The maximum atomic E-state index is 11.4. The van der Waals surface area contributed by atoms with Crippen LogP contribution in [0.15, 0.2) is 48.7 Å². The number of aromatic nitrogens is 1. The number of nitrogens with zero attached hydrogens (tertiary/aromatic N) is 1. The summed E-state index contributed by atoms with van der Waals surface area (Å²) in [4.78, 5) is 22.2. The van der Waals surface area contributed by atoms with Crippen LogP contribution in [0.3, 0.4) is 0 Å². The standard InChI is InChI=1S/C21H18ClNO4/c1-12-5-13(2)7-14(6-12)10-23-11-17(19(24)9-20(25)21(26)27)16-8-15(22)3-4-18(16)23/h3-9,11,24H,10H2,1-2H3,(H,26,27). The molecule has 3 aromatic rings. The molecule has 3 rings (SSSR count). The molecule has 138 valence electrons. The second-order valence-corrected chi connectivity index (χ2v) is 6.96. The second-order valence-electron chi connectivity index (χ2n) is 6.53. The van der Waals surface area contributed by atoms with E-state index in [4.69, 9.17) is 16.7 Å². The number of aliphatic hydroxyl groups is 1. The highest BCUT2D eigenvalue weighted by atomic mass is 35.5. The first kappa shape index (κ1) is 18.7. The van der Waals surface area contributed by atoms with Gasteiger partial charge in [-0.3, -0.25) is 4.79 Å². The van der Waals surface area contributed by atoms with Crippen LogP contribution in [0, 0.1) is 13.8 Å². The van der Waals surface area contributed by atoms with Gasteiger partial charge in [-0.05, 0) is 37.6 Å². The molecular weight excluding hydrogens is 366 g/mol. The number of rotatable bonds is 5. The molecule has 27 heavy (non-hydrogen) atoms. The molecule has 0 radical (unpaired) electrons. The Balaban J connectivity index is 2.12. The molecule has 0 amide bonds. The zero-order valence-electron chi connectivity index (χ0n) is 14.9. The Morgan fingerprint density at radius 3 is 2.37 bits per heavy atom. The Morgan fingerprint density at radius 2 is 1.74 bits per heavy atom. The molecule has 6 heteroatoms. The van der Waals surface area contributed by atoms with Gasteiger partial charge in [-0.2, -0.15) is 0 Å². The summed E-state index contributed by atoms with van der Waals surface area (Å²) >= 11 is 6.09. The van der Waals surface area contributed by atoms with Crippen LogP contribution in [0.2, 0.25) is 5.02 Å². The van der Waals surface area contributed by atoms with Crippen molar-refractivity contribution in [3.05, 3.63) is 75.9 Å². The Morgan fingerprint density at radius 1 is 1.07 bits per heavy atom. The number of hydrogen-bond donors (Lipinski definition) is 2. The molecule has 0 unspecified atom stereocenters. The van der Waals surface area contributed by atoms with Gasteiger partial charge in [0.15, 0.2) is 0 Å². The molecule has 0 aliphatic rings. The van der Waals surface area contributed by atoms with Gasteiger partial charge in [0.25, 0.3) is 5.78 Å². The maximum Gasteiger partial charge on any atom is 0.376 e. The van der Waals surface area contributed by atoms with Crippen LogP contribution in [0.25, 0.3) is 16.7 Å². The summed E-state index contributed by atoms with van der Waals surface area (Å²) in [6.45, 7) is 4.61. The van der Waals surface area contributed by atoms with Crippen LogP contribution in [0.1, 0.15) is 22.3 Å². The SMILES string of the molecule is Cc1cc(C)cc(Cn2cc(C(O)=CC(=O)C(=O)O)c3cc(Cl)ccc32)c1. The molecule has 0 fully saturated rings. The van der Waals surface area contributed by atoms with Crippen molar-refractivity contribution in [1.29, 1.82) is 0 Å². The third kappa shape index (κ3) is 4.04. The Kier molecular flexibility index (Phi) is 5.06. The van der Waals surface area contributed by atoms with Crippen molar-refractivity contribution in [3.8, 4) is 0 Å². The summed E-state index contributed by atoms with van der Waals surface area (Å²) in [5.74, 6) is -3.22. The normalized spacial score (nSPS) is 11.7. The number of ketones is 1. The molecule has 2 N–H and O–H groups in total. The first-order valence-electron chi connectivity index (χ1n) is 8.28. The lowest BCUT2D eigenvalue weighted by Crippen LogP contribution is -2.09. The molecule has 1 heterocycles. The largest absolute Gasteiger partial charge is 0.507 e. The second kappa shape index (κ2) is 7.29. The number of carboxylic acid groups (broad SMARTS) is 1. The van der Waals surface area contributed by atoms with Crippen molar-refractivity contribution in [2.45, 2.75) is 20.4 Å². The third-order valence-electron chi connectivity index (χ3n) is 4.23. The van der Waals surface area contributed by atoms with E-state index in [1.165, 1.54) is 0 Å². The fourth-order valence-corrected chi connectivity index (χ4v) is 3.40. The van der Waals surface area contributed by atoms with Crippen molar-refractivity contribution >= 4 is 40.0 Å². The van der Waals surface area contributed by atoms with Gasteiger partial charge in [0.2, 0.25) is 0 Å². The van der Waals surface area contributed by atoms with E-state index in [1.807, 2.05) is 24.5 Å². The molecule has 0 spiro atoms. The van der Waals surface area contributed by atoms with Gasteiger partial charge in [0, 0.05) is 40.3 Å². The van der Waals surface area contributed by atoms with Crippen LogP contribution in [0.5, 0.6) is 0 Å². The van der Waals surface area contributed by atoms with E-state index in [0.29, 0.717) is 28.6 Å². The van der Waals surface area contributed by atoms with Gasteiger partial charge < -0.3 is 14.8 Å². The van der Waals surface area contributed by atoms with E-state index < -0.39 is 17.5 Å². The molecule has 0 aliphatic heterocycles. The van der Waals surface area contributed by atoms with Gasteiger partial charge >= 0.3 is 5.97 Å². The summed E-state index contributed by atoms with van der Waals surface area (Å²) in [5, 5.41) is 20.2. The average Bonchev–Trinajstić information content (AvgIpc) is 2.91. The van der Waals surface area contributed by atoms with Crippen LogP contribution in [-0.2, 0) is 16.1 Å². The monoisotopic (exact) mass is 383 g/mol. The molecule has 0 aliphatic carbocycles. The Bertz CT molecular complexity index is 1070. The summed E-state index contributed by atoms with van der Waals surface area (Å²) in [6.07, 6.45) is 2.40. The molecular formula is C21H18ClNO4. The minimum Gasteiger partial charge on any atom is -0.507 e. The highest BCUT2D eigenvalue weighted by molar-refractivity contribution is 6.38. The van der Waals surface area contributed by atoms with Gasteiger partial charge in [-0.1, -0.05) is 40.9 Å². The number of aliphatic carboxylic acids is 1. The molecule has 0 saturated carbocycles. The van der Waals surface area contributed by atoms with Gasteiger partial charge in [-0.25, -0.2) is 4.79 Å². The van der Waals surface area contributed by atoms with Crippen LogP contribution in [0.4, 0.5) is 0 Å². The fraction of sp³-hybridized carbons (Fsp3) is 0.143. The van der Waals surface area contributed by atoms with Gasteiger partial charge in [-0.15, -0.1) is 0 Å². The van der Waals surface area contributed by atoms with Crippen molar-refractivity contribution in [2.75, 3.05) is 0 Å². The molecule has 2 aromatic carbocycles. The quantitative estimate of drug-likeness (QED) is 0.386. The molecule has 1 aromatic heterocycles. The van der Waals surface area contributed by atoms with E-state index in [2.05, 4.69) is 18.2 Å². The first-order chi connectivity index (χ1) is 12.7. The molecule has 0 bridgehead atoms. The van der Waals surface area contributed by atoms with Crippen molar-refractivity contribution in [2.24, 2.45) is 0 Å². The minimum absolute atomic E-state index is 0.353. The summed E-state index contributed by atoms with van der Waals surface area (Å²) < 4.78 is 1.94. The van der Waals surface area contributed by atoms with Crippen LogP contribution in [-0.4, -0.2) is 26.5 Å². The van der Waals surface area contributed by atoms with Gasteiger partial charge in [0.1, 0.15) is 5.76 Å². The highest BCUT2D eigenvalue weighted by Gasteiger charge is 2.16. The maximum absolute atomic E-state index is 11.4. The van der Waals surface area contributed by atoms with E-state index in [0.717, 1.165) is 22.2 Å².